The van der Waals surface area contributed by atoms with E-state index in [0.29, 0.717) is 0 Å². The second-order valence-corrected chi connectivity index (χ2v) is 4.41. The summed E-state index contributed by atoms with van der Waals surface area (Å²) in [7, 11) is 0. The quantitative estimate of drug-likeness (QED) is 0.756. The minimum Gasteiger partial charge on any atom is -0.493 e. The molecule has 3 heteroatoms. The van der Waals surface area contributed by atoms with Crippen molar-refractivity contribution in [1.29, 1.82) is 0 Å². The van der Waals surface area contributed by atoms with Gasteiger partial charge in [0.05, 0.1) is 6.61 Å². The fourth-order valence-electron chi connectivity index (χ4n) is 1.29. The van der Waals surface area contributed by atoms with Gasteiger partial charge in [0.15, 0.2) is 0 Å². The van der Waals surface area contributed by atoms with Crippen LogP contribution < -0.4 is 10.5 Å². The Labute approximate surface area is 96.2 Å². The normalized spacial score (nSPS) is 12.5. The molecule has 0 fully saturated rings. The summed E-state index contributed by atoms with van der Waals surface area (Å²) in [6.07, 6.45) is 3.04. The third kappa shape index (κ3) is 4.14. The van der Waals surface area contributed by atoms with Gasteiger partial charge in [0, 0.05) is 11.8 Å². The van der Waals surface area contributed by atoms with Crippen LogP contribution in [0.5, 0.6) is 5.75 Å². The summed E-state index contributed by atoms with van der Waals surface area (Å²) in [5.74, 6) is 1.95. The largest absolute Gasteiger partial charge is 0.493 e. The summed E-state index contributed by atoms with van der Waals surface area (Å²) in [6.45, 7) is 2.86. The molecular formula is C12H19NOS. The molecule has 15 heavy (non-hydrogen) atoms. The third-order valence-corrected chi connectivity index (χ3v) is 2.88. The molecule has 1 aromatic rings. The number of hydrogen-bond acceptors (Lipinski definition) is 3. The lowest BCUT2D eigenvalue weighted by Gasteiger charge is -2.10. The topological polar surface area (TPSA) is 35.2 Å². The average Bonchev–Trinajstić information content (AvgIpc) is 2.29. The van der Waals surface area contributed by atoms with Crippen LogP contribution in [0, 0.1) is 0 Å². The van der Waals surface area contributed by atoms with Crippen LogP contribution in [0.25, 0.3) is 0 Å². The van der Waals surface area contributed by atoms with Gasteiger partial charge < -0.3 is 10.5 Å². The van der Waals surface area contributed by atoms with Crippen molar-refractivity contribution in [3.05, 3.63) is 29.8 Å². The zero-order valence-corrected chi connectivity index (χ0v) is 10.2. The van der Waals surface area contributed by atoms with Crippen LogP contribution in [-0.2, 0) is 0 Å². The van der Waals surface area contributed by atoms with Gasteiger partial charge in [-0.1, -0.05) is 19.1 Å². The van der Waals surface area contributed by atoms with Gasteiger partial charge in [-0.25, -0.2) is 0 Å². The van der Waals surface area contributed by atoms with Gasteiger partial charge in [0.1, 0.15) is 5.75 Å². The molecule has 0 radical (unpaired) electrons. The van der Waals surface area contributed by atoms with Crippen LogP contribution in [-0.4, -0.2) is 18.6 Å². The zero-order valence-electron chi connectivity index (χ0n) is 9.40. The van der Waals surface area contributed by atoms with Crippen molar-refractivity contribution in [2.24, 2.45) is 5.73 Å². The highest BCUT2D eigenvalue weighted by molar-refractivity contribution is 7.98. The molecule has 1 aromatic carbocycles. The lowest BCUT2D eigenvalue weighted by Crippen LogP contribution is -2.08. The fraction of sp³-hybridized carbons (Fsp3) is 0.500. The number of rotatable bonds is 6. The first-order valence-electron chi connectivity index (χ1n) is 5.25. The Morgan fingerprint density at radius 3 is 2.53 bits per heavy atom. The predicted molar refractivity (Wildman–Crippen MR) is 67.5 cm³/mol. The maximum Gasteiger partial charge on any atom is 0.119 e. The Kier molecular flexibility index (Phi) is 5.58. The fourth-order valence-corrected chi connectivity index (χ4v) is 1.54. The van der Waals surface area contributed by atoms with Crippen molar-refractivity contribution >= 4 is 11.8 Å². The van der Waals surface area contributed by atoms with Crippen molar-refractivity contribution in [3.8, 4) is 5.75 Å². The highest BCUT2D eigenvalue weighted by Gasteiger charge is 2.02. The van der Waals surface area contributed by atoms with Crippen LogP contribution in [0.1, 0.15) is 24.9 Å². The average molecular weight is 225 g/mol. The van der Waals surface area contributed by atoms with Crippen molar-refractivity contribution in [1.82, 2.24) is 0 Å². The molecule has 2 nitrogen and oxygen atoms in total. The predicted octanol–water partition coefficient (Wildman–Crippen LogP) is 2.84. The van der Waals surface area contributed by atoms with Gasteiger partial charge >= 0.3 is 0 Å². The summed E-state index contributed by atoms with van der Waals surface area (Å²) >= 11 is 1.79. The van der Waals surface area contributed by atoms with E-state index in [0.717, 1.165) is 24.5 Å². The Morgan fingerprint density at radius 2 is 2.00 bits per heavy atom. The molecule has 0 heterocycles. The Hall–Kier alpha value is -0.670. The standard InChI is InChI=1S/C12H19NOS/c1-3-12(13)10-4-6-11(7-5-10)14-8-9-15-2/h4-7,12H,3,8-9,13H2,1-2H3/t12-/m0/s1. The highest BCUT2D eigenvalue weighted by atomic mass is 32.2. The Bertz CT molecular complexity index is 273. The molecule has 0 aromatic heterocycles. The first-order valence-corrected chi connectivity index (χ1v) is 6.64. The second-order valence-electron chi connectivity index (χ2n) is 3.43. The summed E-state index contributed by atoms with van der Waals surface area (Å²) in [5.41, 5.74) is 7.10. The number of nitrogens with two attached hydrogens (primary N) is 1. The number of benzene rings is 1. The monoisotopic (exact) mass is 225 g/mol. The van der Waals surface area contributed by atoms with Gasteiger partial charge in [-0.3, -0.25) is 0 Å². The van der Waals surface area contributed by atoms with E-state index in [1.54, 1.807) is 11.8 Å². The van der Waals surface area contributed by atoms with Crippen LogP contribution in [0.3, 0.4) is 0 Å². The molecule has 0 amide bonds. The second kappa shape index (κ2) is 6.75. The van der Waals surface area contributed by atoms with Crippen LogP contribution in [0.15, 0.2) is 24.3 Å². The molecular weight excluding hydrogens is 206 g/mol. The van der Waals surface area contributed by atoms with E-state index in [2.05, 4.69) is 13.2 Å². The molecule has 0 aliphatic rings. The molecule has 0 saturated heterocycles. The Balaban J connectivity index is 2.49. The molecule has 0 saturated carbocycles. The minimum atomic E-state index is 0.144. The van der Waals surface area contributed by atoms with E-state index in [1.807, 2.05) is 24.3 Å². The van der Waals surface area contributed by atoms with Crippen LogP contribution in [0.2, 0.25) is 0 Å². The van der Waals surface area contributed by atoms with Crippen molar-refractivity contribution in [2.75, 3.05) is 18.6 Å². The molecule has 1 rings (SSSR count). The van der Waals surface area contributed by atoms with Crippen molar-refractivity contribution in [3.63, 3.8) is 0 Å². The Morgan fingerprint density at radius 1 is 1.33 bits per heavy atom. The molecule has 0 bridgehead atoms. The smallest absolute Gasteiger partial charge is 0.119 e. The molecule has 2 N–H and O–H groups in total. The summed E-state index contributed by atoms with van der Waals surface area (Å²) in [6, 6.07) is 8.21. The minimum absolute atomic E-state index is 0.144. The van der Waals surface area contributed by atoms with Gasteiger partial charge in [0.25, 0.3) is 0 Å². The number of hydrogen-bond donors (Lipinski definition) is 1. The maximum absolute atomic E-state index is 5.92. The van der Waals surface area contributed by atoms with Crippen molar-refractivity contribution in [2.45, 2.75) is 19.4 Å². The van der Waals surface area contributed by atoms with Gasteiger partial charge in [-0.15, -0.1) is 0 Å². The zero-order chi connectivity index (χ0) is 11.1. The van der Waals surface area contributed by atoms with Gasteiger partial charge in [0.2, 0.25) is 0 Å². The van der Waals surface area contributed by atoms with Gasteiger partial charge in [-0.05, 0) is 30.4 Å². The third-order valence-electron chi connectivity index (χ3n) is 2.30. The highest BCUT2D eigenvalue weighted by Crippen LogP contribution is 2.18. The lowest BCUT2D eigenvalue weighted by atomic mass is 10.1. The number of ether oxygens (including phenoxy) is 1. The SMILES string of the molecule is CC[C@H](N)c1ccc(OCCSC)cc1. The van der Waals surface area contributed by atoms with E-state index >= 15 is 0 Å². The van der Waals surface area contributed by atoms with E-state index in [9.17, 15) is 0 Å². The first kappa shape index (κ1) is 12.4. The van der Waals surface area contributed by atoms with Gasteiger partial charge in [-0.2, -0.15) is 11.8 Å². The molecule has 84 valence electrons. The number of thioether (sulfide) groups is 1. The molecule has 1 atom stereocenters. The lowest BCUT2D eigenvalue weighted by molar-refractivity contribution is 0.344. The molecule has 0 unspecified atom stereocenters. The first-order chi connectivity index (χ1) is 7.27. The van der Waals surface area contributed by atoms with E-state index in [-0.39, 0.29) is 6.04 Å². The maximum atomic E-state index is 5.92. The van der Waals surface area contributed by atoms with E-state index < -0.39 is 0 Å². The van der Waals surface area contributed by atoms with E-state index in [4.69, 9.17) is 10.5 Å². The molecule has 0 aliphatic heterocycles. The van der Waals surface area contributed by atoms with Crippen molar-refractivity contribution < 1.29 is 4.74 Å². The summed E-state index contributed by atoms with van der Waals surface area (Å²) < 4.78 is 5.55. The van der Waals surface area contributed by atoms with Crippen LogP contribution >= 0.6 is 11.8 Å². The molecule has 0 aliphatic carbocycles. The van der Waals surface area contributed by atoms with E-state index in [1.165, 1.54) is 5.56 Å². The van der Waals surface area contributed by atoms with Crippen LogP contribution in [0.4, 0.5) is 0 Å². The summed E-state index contributed by atoms with van der Waals surface area (Å²) in [4.78, 5) is 0. The molecule has 0 spiro atoms. The summed E-state index contributed by atoms with van der Waals surface area (Å²) in [5, 5.41) is 0.